The van der Waals surface area contributed by atoms with E-state index in [2.05, 4.69) is 17.1 Å². The minimum absolute atomic E-state index is 0.499. The molecule has 2 nitrogen and oxygen atoms in total. The molecule has 0 amide bonds. The average Bonchev–Trinajstić information content (AvgIpc) is 2.83. The van der Waals surface area contributed by atoms with Crippen LogP contribution in [-0.2, 0) is 0 Å². The average molecular weight is 236 g/mol. The standard InChI is InChI=1S/C15H28N2/c1-2-17-13-14(8-6-7-9-14)16-12-15(17)10-4-3-5-11-15/h16H,2-13H2,1H3. The normalized spacial score (nSPS) is 32.3. The Kier molecular flexibility index (Phi) is 3.20. The SMILES string of the molecule is CCN1CC2(CCCC2)NCC12CCCCC2. The zero-order valence-corrected chi connectivity index (χ0v) is 11.4. The van der Waals surface area contributed by atoms with Gasteiger partial charge in [-0.3, -0.25) is 4.90 Å². The van der Waals surface area contributed by atoms with Crippen LogP contribution in [-0.4, -0.2) is 35.6 Å². The molecule has 1 aliphatic heterocycles. The van der Waals surface area contributed by atoms with Gasteiger partial charge in [-0.25, -0.2) is 0 Å². The number of piperazine rings is 1. The van der Waals surface area contributed by atoms with E-state index >= 15 is 0 Å². The van der Waals surface area contributed by atoms with E-state index in [1.165, 1.54) is 77.4 Å². The molecule has 3 aliphatic rings. The lowest BCUT2D eigenvalue weighted by Crippen LogP contribution is -2.69. The molecule has 2 aliphatic carbocycles. The van der Waals surface area contributed by atoms with Crippen LogP contribution in [0.1, 0.15) is 64.7 Å². The predicted octanol–water partition coefficient (Wildman–Crippen LogP) is 2.93. The van der Waals surface area contributed by atoms with Crippen LogP contribution in [0.15, 0.2) is 0 Å². The zero-order valence-electron chi connectivity index (χ0n) is 11.4. The van der Waals surface area contributed by atoms with E-state index in [-0.39, 0.29) is 0 Å². The van der Waals surface area contributed by atoms with Gasteiger partial charge < -0.3 is 5.32 Å². The fourth-order valence-electron chi connectivity index (χ4n) is 4.59. The maximum absolute atomic E-state index is 3.98. The number of hydrogen-bond acceptors (Lipinski definition) is 2. The molecule has 0 radical (unpaired) electrons. The zero-order chi connectivity index (χ0) is 11.8. The van der Waals surface area contributed by atoms with Crippen molar-refractivity contribution in [2.75, 3.05) is 19.6 Å². The van der Waals surface area contributed by atoms with Crippen LogP contribution in [0, 0.1) is 0 Å². The van der Waals surface area contributed by atoms with Crippen molar-refractivity contribution in [3.8, 4) is 0 Å². The van der Waals surface area contributed by atoms with Gasteiger partial charge >= 0.3 is 0 Å². The Morgan fingerprint density at radius 1 is 0.941 bits per heavy atom. The van der Waals surface area contributed by atoms with Gasteiger partial charge in [0.1, 0.15) is 0 Å². The first-order valence-corrected chi connectivity index (χ1v) is 7.79. The molecular weight excluding hydrogens is 208 g/mol. The molecule has 2 spiro atoms. The van der Waals surface area contributed by atoms with Crippen LogP contribution in [0.2, 0.25) is 0 Å². The summed E-state index contributed by atoms with van der Waals surface area (Å²) in [7, 11) is 0. The lowest BCUT2D eigenvalue weighted by molar-refractivity contribution is -0.0139. The molecule has 3 fully saturated rings. The summed E-state index contributed by atoms with van der Waals surface area (Å²) in [6.07, 6.45) is 12.9. The van der Waals surface area contributed by atoms with Crippen LogP contribution in [0.25, 0.3) is 0 Å². The molecule has 2 heteroatoms. The number of likely N-dealkylation sites (N-methyl/N-ethyl adjacent to an activating group) is 1. The summed E-state index contributed by atoms with van der Waals surface area (Å²) in [5.41, 5.74) is 1.03. The van der Waals surface area contributed by atoms with E-state index in [0.717, 1.165) is 0 Å². The van der Waals surface area contributed by atoms with Crippen LogP contribution in [0.5, 0.6) is 0 Å². The topological polar surface area (TPSA) is 15.3 Å². The number of nitrogens with one attached hydrogen (secondary N) is 1. The van der Waals surface area contributed by atoms with Crippen molar-refractivity contribution in [2.24, 2.45) is 0 Å². The summed E-state index contributed by atoms with van der Waals surface area (Å²) in [6.45, 7) is 6.21. The molecule has 0 aromatic carbocycles. The first-order valence-electron chi connectivity index (χ1n) is 7.79. The van der Waals surface area contributed by atoms with Crippen molar-refractivity contribution in [1.82, 2.24) is 10.2 Å². The maximum Gasteiger partial charge on any atom is 0.0334 e. The Hall–Kier alpha value is -0.0800. The minimum atomic E-state index is 0.499. The highest BCUT2D eigenvalue weighted by Gasteiger charge is 2.47. The number of nitrogens with zero attached hydrogens (tertiary/aromatic N) is 1. The molecule has 0 unspecified atom stereocenters. The monoisotopic (exact) mass is 236 g/mol. The lowest BCUT2D eigenvalue weighted by atomic mass is 9.76. The van der Waals surface area contributed by atoms with Gasteiger partial charge in [-0.2, -0.15) is 0 Å². The lowest BCUT2D eigenvalue weighted by Gasteiger charge is -2.55. The maximum atomic E-state index is 3.98. The van der Waals surface area contributed by atoms with Gasteiger partial charge in [0.05, 0.1) is 0 Å². The molecule has 0 aromatic rings. The van der Waals surface area contributed by atoms with E-state index in [0.29, 0.717) is 11.1 Å². The van der Waals surface area contributed by atoms with Crippen LogP contribution in [0.3, 0.4) is 0 Å². The summed E-state index contributed by atoms with van der Waals surface area (Å²) in [6, 6.07) is 0. The predicted molar refractivity (Wildman–Crippen MR) is 72.3 cm³/mol. The molecule has 98 valence electrons. The largest absolute Gasteiger partial charge is 0.308 e. The molecule has 17 heavy (non-hydrogen) atoms. The Morgan fingerprint density at radius 2 is 1.59 bits per heavy atom. The molecule has 1 N–H and O–H groups in total. The Balaban J connectivity index is 1.75. The second-order valence-electron chi connectivity index (χ2n) is 6.64. The highest BCUT2D eigenvalue weighted by molar-refractivity contribution is 5.07. The van der Waals surface area contributed by atoms with E-state index in [4.69, 9.17) is 0 Å². The molecular formula is C15H28N2. The first kappa shape index (κ1) is 12.0. The molecule has 0 bridgehead atoms. The van der Waals surface area contributed by atoms with Crippen LogP contribution in [0.4, 0.5) is 0 Å². The molecule has 2 saturated carbocycles. The minimum Gasteiger partial charge on any atom is -0.308 e. The van der Waals surface area contributed by atoms with Crippen molar-refractivity contribution in [3.05, 3.63) is 0 Å². The summed E-state index contributed by atoms with van der Waals surface area (Å²) in [5, 5.41) is 3.98. The van der Waals surface area contributed by atoms with Gasteiger partial charge in [-0.05, 0) is 32.2 Å². The third-order valence-electron chi connectivity index (χ3n) is 5.68. The summed E-state index contributed by atoms with van der Waals surface area (Å²) in [5.74, 6) is 0. The fraction of sp³-hybridized carbons (Fsp3) is 1.00. The van der Waals surface area contributed by atoms with Crippen molar-refractivity contribution < 1.29 is 0 Å². The van der Waals surface area contributed by atoms with Gasteiger partial charge in [0.15, 0.2) is 0 Å². The van der Waals surface area contributed by atoms with E-state index in [1.807, 2.05) is 0 Å². The summed E-state index contributed by atoms with van der Waals surface area (Å²) < 4.78 is 0. The van der Waals surface area contributed by atoms with Gasteiger partial charge in [-0.15, -0.1) is 0 Å². The Labute approximate surface area is 106 Å². The summed E-state index contributed by atoms with van der Waals surface area (Å²) >= 11 is 0. The third-order valence-corrected chi connectivity index (χ3v) is 5.68. The van der Waals surface area contributed by atoms with E-state index in [9.17, 15) is 0 Å². The second-order valence-corrected chi connectivity index (χ2v) is 6.64. The summed E-state index contributed by atoms with van der Waals surface area (Å²) in [4.78, 5) is 2.84. The Bertz CT molecular complexity index is 262. The van der Waals surface area contributed by atoms with E-state index in [1.54, 1.807) is 0 Å². The fourth-order valence-corrected chi connectivity index (χ4v) is 4.59. The highest BCUT2D eigenvalue weighted by Crippen LogP contribution is 2.41. The molecule has 0 aromatic heterocycles. The van der Waals surface area contributed by atoms with Gasteiger partial charge in [0.2, 0.25) is 0 Å². The van der Waals surface area contributed by atoms with Gasteiger partial charge in [0, 0.05) is 24.2 Å². The smallest absolute Gasteiger partial charge is 0.0334 e. The third kappa shape index (κ3) is 2.04. The van der Waals surface area contributed by atoms with Crippen molar-refractivity contribution in [2.45, 2.75) is 75.8 Å². The molecule has 1 saturated heterocycles. The molecule has 0 atom stereocenters. The van der Waals surface area contributed by atoms with Crippen LogP contribution >= 0.6 is 0 Å². The molecule has 1 heterocycles. The van der Waals surface area contributed by atoms with Crippen molar-refractivity contribution >= 4 is 0 Å². The van der Waals surface area contributed by atoms with Crippen LogP contribution < -0.4 is 5.32 Å². The Morgan fingerprint density at radius 3 is 2.24 bits per heavy atom. The quantitative estimate of drug-likeness (QED) is 0.753. The highest BCUT2D eigenvalue weighted by atomic mass is 15.3. The van der Waals surface area contributed by atoms with E-state index < -0.39 is 0 Å². The van der Waals surface area contributed by atoms with Gasteiger partial charge in [0.25, 0.3) is 0 Å². The van der Waals surface area contributed by atoms with Crippen molar-refractivity contribution in [1.29, 1.82) is 0 Å². The first-order chi connectivity index (χ1) is 8.29. The number of rotatable bonds is 1. The number of hydrogen-bond donors (Lipinski definition) is 1. The van der Waals surface area contributed by atoms with Crippen molar-refractivity contribution in [3.63, 3.8) is 0 Å². The second kappa shape index (κ2) is 4.55. The molecule has 3 rings (SSSR count). The van der Waals surface area contributed by atoms with Gasteiger partial charge in [-0.1, -0.05) is 39.0 Å².